The molecule has 0 bridgehead atoms. The van der Waals surface area contributed by atoms with Crippen LogP contribution in [0.5, 0.6) is 23.0 Å². The molecule has 8 heteroatoms. The Morgan fingerprint density at radius 3 is 1.56 bits per heavy atom. The smallest absolute Gasteiger partial charge is 0.343 e. The molecule has 5 aromatic rings. The number of aromatic hydroxyl groups is 1. The first-order chi connectivity index (χ1) is 21.9. The number of carbonyl (C=O) groups is 2. The van der Waals surface area contributed by atoms with Crippen LogP contribution in [0.4, 0.5) is 11.4 Å². The summed E-state index contributed by atoms with van der Waals surface area (Å²) in [5, 5.41) is 9.38. The minimum absolute atomic E-state index is 0.168. The maximum atomic E-state index is 12.8. The molecular formula is C37H26N2O6. The van der Waals surface area contributed by atoms with E-state index in [-0.39, 0.29) is 17.2 Å². The average molecular weight is 595 g/mol. The van der Waals surface area contributed by atoms with Crippen molar-refractivity contribution < 1.29 is 28.9 Å². The second kappa shape index (κ2) is 14.6. The highest BCUT2D eigenvalue weighted by atomic mass is 16.5. The highest BCUT2D eigenvalue weighted by Crippen LogP contribution is 2.23. The van der Waals surface area contributed by atoms with Crippen LogP contribution in [0, 0.1) is 12.0 Å². The summed E-state index contributed by atoms with van der Waals surface area (Å²) in [5.41, 5.74) is 3.71. The lowest BCUT2D eigenvalue weighted by Gasteiger charge is -2.08. The zero-order chi connectivity index (χ0) is 31.4. The van der Waals surface area contributed by atoms with Crippen molar-refractivity contribution in [3.05, 3.63) is 144 Å². The topological polar surface area (TPSA) is 107 Å². The lowest BCUT2D eigenvalue weighted by atomic mass is 10.1. The second-order valence-electron chi connectivity index (χ2n) is 9.48. The van der Waals surface area contributed by atoms with Crippen molar-refractivity contribution in [3.63, 3.8) is 0 Å². The Labute approximate surface area is 259 Å². The van der Waals surface area contributed by atoms with Crippen molar-refractivity contribution in [3.8, 4) is 35.0 Å². The van der Waals surface area contributed by atoms with E-state index in [0.717, 1.165) is 16.8 Å². The van der Waals surface area contributed by atoms with Gasteiger partial charge in [0.25, 0.3) is 0 Å². The van der Waals surface area contributed by atoms with Gasteiger partial charge >= 0.3 is 11.9 Å². The summed E-state index contributed by atoms with van der Waals surface area (Å²) in [6.07, 6.45) is 5.89. The molecule has 8 nitrogen and oxygen atoms in total. The predicted octanol–water partition coefficient (Wildman–Crippen LogP) is 7.69. The molecule has 5 aromatic carbocycles. The van der Waals surface area contributed by atoms with Crippen molar-refractivity contribution in [2.75, 3.05) is 0 Å². The molecule has 0 aliphatic heterocycles. The number of nitrogens with zero attached hydrogens (tertiary/aromatic N) is 2. The summed E-state index contributed by atoms with van der Waals surface area (Å²) in [7, 11) is 0. The average Bonchev–Trinajstić information content (AvgIpc) is 3.07. The number of hydrogen-bond donors (Lipinski definition) is 1. The van der Waals surface area contributed by atoms with Gasteiger partial charge in [0.1, 0.15) is 29.1 Å². The van der Waals surface area contributed by atoms with Gasteiger partial charge in [-0.2, -0.15) is 0 Å². The molecule has 1 N–H and O–H groups in total. The highest BCUT2D eigenvalue weighted by Gasteiger charge is 2.12. The molecule has 0 aliphatic rings. The summed E-state index contributed by atoms with van der Waals surface area (Å²) in [5.74, 6) is 2.81. The summed E-state index contributed by atoms with van der Waals surface area (Å²) >= 11 is 0. The fourth-order valence-corrected chi connectivity index (χ4v) is 3.89. The van der Waals surface area contributed by atoms with Gasteiger partial charge in [-0.1, -0.05) is 36.3 Å². The molecule has 0 saturated heterocycles. The third-order valence-electron chi connectivity index (χ3n) is 6.20. The van der Waals surface area contributed by atoms with Gasteiger partial charge in [0.2, 0.25) is 0 Å². The van der Waals surface area contributed by atoms with Crippen molar-refractivity contribution in [1.29, 1.82) is 0 Å². The van der Waals surface area contributed by atoms with Crippen molar-refractivity contribution in [2.45, 2.75) is 6.92 Å². The zero-order valence-electron chi connectivity index (χ0n) is 24.1. The molecule has 0 aromatic heterocycles. The minimum Gasteiger partial charge on any atom is -0.508 e. The normalized spacial score (nSPS) is 10.7. The first-order valence-corrected chi connectivity index (χ1v) is 13.8. The van der Waals surface area contributed by atoms with E-state index in [1.165, 1.54) is 6.07 Å². The number of phenols is 1. The second-order valence-corrected chi connectivity index (χ2v) is 9.48. The van der Waals surface area contributed by atoms with Crippen LogP contribution in [0.25, 0.3) is 0 Å². The molecular weight excluding hydrogens is 568 g/mol. The van der Waals surface area contributed by atoms with Gasteiger partial charge in [0.05, 0.1) is 22.5 Å². The third-order valence-corrected chi connectivity index (χ3v) is 6.20. The molecule has 0 amide bonds. The van der Waals surface area contributed by atoms with E-state index >= 15 is 0 Å². The van der Waals surface area contributed by atoms with Crippen LogP contribution >= 0.6 is 0 Å². The number of aliphatic imine (C=N–C) groups is 2. The van der Waals surface area contributed by atoms with Gasteiger partial charge in [-0.05, 0) is 96.1 Å². The van der Waals surface area contributed by atoms with Gasteiger partial charge in [-0.15, -0.1) is 0 Å². The van der Waals surface area contributed by atoms with E-state index in [4.69, 9.17) is 14.2 Å². The van der Waals surface area contributed by atoms with E-state index in [1.54, 1.807) is 122 Å². The Bertz CT molecular complexity index is 1900. The van der Waals surface area contributed by atoms with Gasteiger partial charge in [0.15, 0.2) is 0 Å². The number of carbonyl (C=O) groups excluding carboxylic acids is 2. The van der Waals surface area contributed by atoms with E-state index < -0.39 is 11.9 Å². The summed E-state index contributed by atoms with van der Waals surface area (Å²) in [4.78, 5) is 34.2. The summed E-state index contributed by atoms with van der Waals surface area (Å²) in [6, 6.07) is 33.6. The molecule has 0 spiro atoms. The molecule has 0 radical (unpaired) electrons. The Morgan fingerprint density at radius 2 is 1.09 bits per heavy atom. The molecule has 0 fully saturated rings. The van der Waals surface area contributed by atoms with Crippen molar-refractivity contribution in [2.24, 2.45) is 9.98 Å². The first-order valence-electron chi connectivity index (χ1n) is 13.8. The van der Waals surface area contributed by atoms with Gasteiger partial charge in [0, 0.05) is 25.4 Å². The highest BCUT2D eigenvalue weighted by molar-refractivity contribution is 5.93. The first kappa shape index (κ1) is 30.0. The molecule has 0 atom stereocenters. The number of phenolic OH excluding ortho intramolecular Hbond substituents is 1. The molecule has 45 heavy (non-hydrogen) atoms. The van der Waals surface area contributed by atoms with Crippen LogP contribution in [0.2, 0.25) is 0 Å². The number of benzene rings is 5. The van der Waals surface area contributed by atoms with E-state index in [9.17, 15) is 14.7 Å². The van der Waals surface area contributed by atoms with Crippen LogP contribution in [0.1, 0.15) is 38.8 Å². The number of hydrogen-bond acceptors (Lipinski definition) is 8. The molecule has 5 rings (SSSR count). The van der Waals surface area contributed by atoms with Crippen LogP contribution in [-0.2, 0) is 0 Å². The Balaban J connectivity index is 1.14. The van der Waals surface area contributed by atoms with Crippen LogP contribution in [0.15, 0.2) is 131 Å². The van der Waals surface area contributed by atoms with Crippen LogP contribution in [0.3, 0.4) is 0 Å². The monoisotopic (exact) mass is 594 g/mol. The maximum absolute atomic E-state index is 12.8. The van der Waals surface area contributed by atoms with Crippen LogP contribution in [-0.4, -0.2) is 29.5 Å². The van der Waals surface area contributed by atoms with Crippen molar-refractivity contribution >= 4 is 35.7 Å². The lowest BCUT2D eigenvalue weighted by molar-refractivity contribution is 0.0733. The van der Waals surface area contributed by atoms with E-state index in [0.29, 0.717) is 22.6 Å². The quantitative estimate of drug-likeness (QED) is 0.0812. The standard InChI is InChI=1S/C37H26N2O6/c1-2-22-43-33-20-16-31(17-21-33)39-25-27-8-12-29(13-9-27)37(42)45-35-5-3-4-34(23-35)44-36(41)28-10-6-26(7-11-28)24-38-30-14-18-32(40)19-15-30/h3-21,23-25,40H,1H3/b38-24+,39-25+. The van der Waals surface area contributed by atoms with E-state index in [1.807, 2.05) is 12.1 Å². The van der Waals surface area contributed by atoms with Gasteiger partial charge in [-0.25, -0.2) is 9.59 Å². The molecule has 0 saturated carbocycles. The minimum atomic E-state index is -0.562. The van der Waals surface area contributed by atoms with Gasteiger partial charge < -0.3 is 19.3 Å². The molecule has 0 aliphatic carbocycles. The Morgan fingerprint density at radius 1 is 0.622 bits per heavy atom. The van der Waals surface area contributed by atoms with Gasteiger partial charge in [-0.3, -0.25) is 9.98 Å². The number of rotatable bonds is 9. The molecule has 0 heterocycles. The lowest BCUT2D eigenvalue weighted by Crippen LogP contribution is -2.10. The predicted molar refractivity (Wildman–Crippen MR) is 172 cm³/mol. The maximum Gasteiger partial charge on any atom is 0.343 e. The number of ether oxygens (including phenoxy) is 3. The molecule has 220 valence electrons. The number of esters is 2. The third kappa shape index (κ3) is 8.77. The zero-order valence-corrected chi connectivity index (χ0v) is 24.1. The fraction of sp³-hybridized carbons (Fsp3) is 0.0270. The van der Waals surface area contributed by atoms with Crippen LogP contribution < -0.4 is 14.2 Å². The Kier molecular flexibility index (Phi) is 9.75. The molecule has 0 unspecified atom stereocenters. The summed E-state index contributed by atoms with van der Waals surface area (Å²) < 4.78 is 16.2. The summed E-state index contributed by atoms with van der Waals surface area (Å²) in [6.45, 7) is 1.70. The van der Waals surface area contributed by atoms with Crippen molar-refractivity contribution in [1.82, 2.24) is 0 Å². The largest absolute Gasteiger partial charge is 0.508 e. The SMILES string of the molecule is CC#COc1ccc(/N=C/c2ccc(C(=O)Oc3cccc(OC(=O)c4ccc(/C=N/c5ccc(O)cc5)cc4)c3)cc2)cc1. The van der Waals surface area contributed by atoms with E-state index in [2.05, 4.69) is 22.0 Å². The fourth-order valence-electron chi connectivity index (χ4n) is 3.89. The Hall–Kier alpha value is -6.46.